The third-order valence-corrected chi connectivity index (χ3v) is 3.15. The lowest BCUT2D eigenvalue weighted by molar-refractivity contribution is -0.137. The third kappa shape index (κ3) is 5.59. The van der Waals surface area contributed by atoms with E-state index in [1.165, 1.54) is 17.0 Å². The van der Waals surface area contributed by atoms with Gasteiger partial charge < -0.3 is 15.3 Å². The highest BCUT2D eigenvalue weighted by molar-refractivity contribution is 6.30. The van der Waals surface area contributed by atoms with Crippen LogP contribution < -0.4 is 5.32 Å². The lowest BCUT2D eigenvalue weighted by atomic mass is 10.2. The van der Waals surface area contributed by atoms with Gasteiger partial charge in [-0.1, -0.05) is 11.6 Å². The Hall–Kier alpha value is -1.82. The Kier molecular flexibility index (Phi) is 6.42. The van der Waals surface area contributed by atoms with Gasteiger partial charge in [-0.05, 0) is 38.5 Å². The fourth-order valence-corrected chi connectivity index (χ4v) is 1.88. The van der Waals surface area contributed by atoms with Crippen molar-refractivity contribution in [1.29, 1.82) is 0 Å². The van der Waals surface area contributed by atoms with Crippen LogP contribution in [0.1, 0.15) is 26.7 Å². The quantitative estimate of drug-likeness (QED) is 0.842. The SMILES string of the molecule is CC(C)N(CCCC(=O)O)C(=O)Nc1ccc(Cl)c(F)c1. The minimum Gasteiger partial charge on any atom is -0.481 e. The van der Waals surface area contributed by atoms with E-state index in [0.717, 1.165) is 6.07 Å². The maximum Gasteiger partial charge on any atom is 0.322 e. The number of carbonyl (C=O) groups is 2. The topological polar surface area (TPSA) is 69.6 Å². The molecule has 0 aliphatic heterocycles. The summed E-state index contributed by atoms with van der Waals surface area (Å²) in [4.78, 5) is 24.1. The molecule has 1 rings (SSSR count). The average molecular weight is 317 g/mol. The number of hydrogen-bond donors (Lipinski definition) is 2. The Morgan fingerprint density at radius 2 is 2.10 bits per heavy atom. The molecule has 2 N–H and O–H groups in total. The summed E-state index contributed by atoms with van der Waals surface area (Å²) in [7, 11) is 0. The predicted octanol–water partition coefficient (Wildman–Crippen LogP) is 3.59. The Labute approximate surface area is 127 Å². The summed E-state index contributed by atoms with van der Waals surface area (Å²) in [5.74, 6) is -1.52. The summed E-state index contributed by atoms with van der Waals surface area (Å²) in [6.45, 7) is 3.96. The van der Waals surface area contributed by atoms with Gasteiger partial charge in [0.25, 0.3) is 0 Å². The lowest BCUT2D eigenvalue weighted by Crippen LogP contribution is -2.40. The molecular weight excluding hydrogens is 299 g/mol. The number of urea groups is 1. The van der Waals surface area contributed by atoms with Gasteiger partial charge in [-0.15, -0.1) is 0 Å². The van der Waals surface area contributed by atoms with Crippen LogP contribution in [0.4, 0.5) is 14.9 Å². The first-order chi connectivity index (χ1) is 9.81. The molecule has 116 valence electrons. The number of amides is 2. The molecule has 2 amide bonds. The van der Waals surface area contributed by atoms with Gasteiger partial charge >= 0.3 is 12.0 Å². The van der Waals surface area contributed by atoms with Crippen molar-refractivity contribution in [2.24, 2.45) is 0 Å². The van der Waals surface area contributed by atoms with Gasteiger partial charge in [0.15, 0.2) is 0 Å². The van der Waals surface area contributed by atoms with E-state index in [1.807, 2.05) is 13.8 Å². The Balaban J connectivity index is 2.67. The normalized spacial score (nSPS) is 10.5. The van der Waals surface area contributed by atoms with Gasteiger partial charge in [0, 0.05) is 24.7 Å². The molecule has 0 saturated carbocycles. The Morgan fingerprint density at radius 1 is 1.43 bits per heavy atom. The van der Waals surface area contributed by atoms with Crippen molar-refractivity contribution < 1.29 is 19.1 Å². The summed E-state index contributed by atoms with van der Waals surface area (Å²) < 4.78 is 13.3. The van der Waals surface area contributed by atoms with E-state index in [9.17, 15) is 14.0 Å². The fourth-order valence-electron chi connectivity index (χ4n) is 1.76. The van der Waals surface area contributed by atoms with E-state index in [0.29, 0.717) is 18.7 Å². The summed E-state index contributed by atoms with van der Waals surface area (Å²) in [6, 6.07) is 3.49. The molecule has 21 heavy (non-hydrogen) atoms. The van der Waals surface area contributed by atoms with Crippen LogP contribution in [0.5, 0.6) is 0 Å². The van der Waals surface area contributed by atoms with Crippen molar-refractivity contribution in [2.75, 3.05) is 11.9 Å². The summed E-state index contributed by atoms with van der Waals surface area (Å²) in [6.07, 6.45) is 0.349. The Bertz CT molecular complexity index is 523. The second-order valence-corrected chi connectivity index (χ2v) is 5.25. The van der Waals surface area contributed by atoms with Crippen LogP contribution in [0.2, 0.25) is 5.02 Å². The highest BCUT2D eigenvalue weighted by Gasteiger charge is 2.17. The minimum atomic E-state index is -0.904. The zero-order valence-electron chi connectivity index (χ0n) is 11.9. The van der Waals surface area contributed by atoms with Crippen LogP contribution in [0, 0.1) is 5.82 Å². The van der Waals surface area contributed by atoms with Crippen molar-refractivity contribution in [1.82, 2.24) is 4.90 Å². The second-order valence-electron chi connectivity index (χ2n) is 4.84. The molecule has 0 aromatic heterocycles. The van der Waals surface area contributed by atoms with E-state index < -0.39 is 17.8 Å². The molecule has 0 heterocycles. The van der Waals surface area contributed by atoms with Crippen LogP contribution in [0.15, 0.2) is 18.2 Å². The van der Waals surface area contributed by atoms with Crippen LogP contribution in [-0.2, 0) is 4.79 Å². The van der Waals surface area contributed by atoms with E-state index in [-0.39, 0.29) is 17.5 Å². The Morgan fingerprint density at radius 3 is 2.62 bits per heavy atom. The van der Waals surface area contributed by atoms with Crippen LogP contribution >= 0.6 is 11.6 Å². The van der Waals surface area contributed by atoms with Crippen LogP contribution in [0.3, 0.4) is 0 Å². The standard InChI is InChI=1S/C14H18ClFN2O3/c1-9(2)18(7-3-4-13(19)20)14(21)17-10-5-6-11(15)12(16)8-10/h5-6,8-9H,3-4,7H2,1-2H3,(H,17,21)(H,19,20). The number of rotatable bonds is 6. The minimum absolute atomic E-state index is 0.00786. The van der Waals surface area contributed by atoms with Crippen molar-refractivity contribution >= 4 is 29.3 Å². The van der Waals surface area contributed by atoms with Crippen LogP contribution in [-0.4, -0.2) is 34.6 Å². The number of carbonyl (C=O) groups excluding carboxylic acids is 1. The first kappa shape index (κ1) is 17.2. The molecule has 0 aliphatic carbocycles. The molecule has 1 aromatic rings. The zero-order valence-corrected chi connectivity index (χ0v) is 12.7. The molecule has 0 spiro atoms. The molecule has 0 saturated heterocycles. The van der Waals surface area contributed by atoms with Crippen LogP contribution in [0.25, 0.3) is 0 Å². The number of aliphatic carboxylic acids is 1. The third-order valence-electron chi connectivity index (χ3n) is 2.84. The highest BCUT2D eigenvalue weighted by Crippen LogP contribution is 2.19. The zero-order chi connectivity index (χ0) is 16.0. The molecule has 0 radical (unpaired) electrons. The first-order valence-electron chi connectivity index (χ1n) is 6.55. The number of halogens is 2. The molecule has 7 heteroatoms. The van der Waals surface area contributed by atoms with Gasteiger partial charge in [0.2, 0.25) is 0 Å². The predicted molar refractivity (Wildman–Crippen MR) is 79.1 cm³/mol. The van der Waals surface area contributed by atoms with Gasteiger partial charge in [0.05, 0.1) is 5.02 Å². The monoisotopic (exact) mass is 316 g/mol. The number of anilines is 1. The van der Waals surface area contributed by atoms with E-state index >= 15 is 0 Å². The smallest absolute Gasteiger partial charge is 0.322 e. The molecule has 0 atom stereocenters. The summed E-state index contributed by atoms with van der Waals surface area (Å²) in [5, 5.41) is 11.2. The highest BCUT2D eigenvalue weighted by atomic mass is 35.5. The van der Waals surface area contributed by atoms with Gasteiger partial charge in [-0.3, -0.25) is 4.79 Å². The van der Waals surface area contributed by atoms with Crippen molar-refractivity contribution in [2.45, 2.75) is 32.7 Å². The van der Waals surface area contributed by atoms with Crippen molar-refractivity contribution in [3.05, 3.63) is 29.0 Å². The number of carboxylic acids is 1. The van der Waals surface area contributed by atoms with E-state index in [1.54, 1.807) is 0 Å². The van der Waals surface area contributed by atoms with E-state index in [2.05, 4.69) is 5.32 Å². The number of nitrogens with one attached hydrogen (secondary N) is 1. The molecule has 1 aromatic carbocycles. The van der Waals surface area contributed by atoms with Gasteiger partial charge in [-0.2, -0.15) is 0 Å². The maximum atomic E-state index is 13.3. The van der Waals surface area contributed by atoms with Gasteiger partial charge in [0.1, 0.15) is 5.82 Å². The average Bonchev–Trinajstić information content (AvgIpc) is 2.38. The van der Waals surface area contributed by atoms with E-state index in [4.69, 9.17) is 16.7 Å². The molecule has 0 bridgehead atoms. The van der Waals surface area contributed by atoms with Crippen molar-refractivity contribution in [3.8, 4) is 0 Å². The first-order valence-corrected chi connectivity index (χ1v) is 6.93. The van der Waals surface area contributed by atoms with Crippen molar-refractivity contribution in [3.63, 3.8) is 0 Å². The lowest BCUT2D eigenvalue weighted by Gasteiger charge is -2.26. The number of hydrogen-bond acceptors (Lipinski definition) is 2. The number of benzene rings is 1. The summed E-state index contributed by atoms with van der Waals surface area (Å²) in [5.41, 5.74) is 0.297. The molecule has 0 unspecified atom stereocenters. The molecule has 5 nitrogen and oxygen atoms in total. The molecule has 0 aliphatic rings. The molecule has 0 fully saturated rings. The number of nitrogens with zero attached hydrogens (tertiary/aromatic N) is 1. The summed E-state index contributed by atoms with van der Waals surface area (Å²) >= 11 is 5.57. The fraction of sp³-hybridized carbons (Fsp3) is 0.429. The second kappa shape index (κ2) is 7.83. The van der Waals surface area contributed by atoms with Gasteiger partial charge in [-0.25, -0.2) is 9.18 Å². The maximum absolute atomic E-state index is 13.3. The largest absolute Gasteiger partial charge is 0.481 e. The molecular formula is C14H18ClFN2O3. The number of carboxylic acid groups (broad SMARTS) is 1.